The number of nitrogens with one attached hydrogen (secondary N) is 1. The standard InChI is InChI=1S/C16H24N2O4/c1-10-13(11(2)22-18-10)8-21-15-9-20-7-6-14(15)17-16(19)12-4-3-5-12/h12,14-15H,3-9H2,1-2H3,(H,17,19)/t14-,15-/m0/s1. The number of ether oxygens (including phenoxy) is 2. The van der Waals surface area contributed by atoms with Crippen molar-refractivity contribution < 1.29 is 18.8 Å². The summed E-state index contributed by atoms with van der Waals surface area (Å²) in [7, 11) is 0. The normalized spacial score (nSPS) is 25.7. The highest BCUT2D eigenvalue weighted by molar-refractivity contribution is 5.79. The van der Waals surface area contributed by atoms with Crippen LogP contribution in [0.2, 0.25) is 0 Å². The van der Waals surface area contributed by atoms with E-state index in [0.29, 0.717) is 19.8 Å². The Bertz CT molecular complexity index is 505. The Labute approximate surface area is 130 Å². The molecule has 1 aromatic heterocycles. The zero-order chi connectivity index (χ0) is 15.5. The van der Waals surface area contributed by atoms with E-state index in [9.17, 15) is 4.79 Å². The molecular formula is C16H24N2O4. The number of hydrogen-bond donors (Lipinski definition) is 1. The first kappa shape index (κ1) is 15.5. The Balaban J connectivity index is 1.56. The van der Waals surface area contributed by atoms with Gasteiger partial charge in [0.05, 0.1) is 24.9 Å². The predicted octanol–water partition coefficient (Wildman–Crippen LogP) is 1.88. The van der Waals surface area contributed by atoms with Crippen molar-refractivity contribution in [3.63, 3.8) is 0 Å². The molecule has 2 fully saturated rings. The molecule has 22 heavy (non-hydrogen) atoms. The molecule has 1 aromatic rings. The fourth-order valence-corrected chi connectivity index (χ4v) is 2.91. The molecule has 0 bridgehead atoms. The van der Waals surface area contributed by atoms with Crippen LogP contribution in [0.25, 0.3) is 0 Å². The SMILES string of the molecule is Cc1noc(C)c1CO[C@H]1COCC[C@@H]1NC(=O)C1CCC1. The molecule has 1 amide bonds. The van der Waals surface area contributed by atoms with E-state index in [2.05, 4.69) is 10.5 Å². The van der Waals surface area contributed by atoms with Crippen molar-refractivity contribution in [2.75, 3.05) is 13.2 Å². The van der Waals surface area contributed by atoms with Gasteiger partial charge in [-0.15, -0.1) is 0 Å². The van der Waals surface area contributed by atoms with Gasteiger partial charge in [0.25, 0.3) is 0 Å². The van der Waals surface area contributed by atoms with E-state index >= 15 is 0 Å². The summed E-state index contributed by atoms with van der Waals surface area (Å²) in [5.41, 5.74) is 1.83. The van der Waals surface area contributed by atoms with Crippen LogP contribution < -0.4 is 5.32 Å². The number of amides is 1. The third-order valence-electron chi connectivity index (χ3n) is 4.73. The number of aromatic nitrogens is 1. The Morgan fingerprint density at radius 3 is 2.82 bits per heavy atom. The highest BCUT2D eigenvalue weighted by Crippen LogP contribution is 2.27. The minimum atomic E-state index is -0.119. The smallest absolute Gasteiger partial charge is 0.223 e. The van der Waals surface area contributed by atoms with E-state index in [0.717, 1.165) is 42.7 Å². The highest BCUT2D eigenvalue weighted by Gasteiger charge is 2.32. The maximum absolute atomic E-state index is 12.1. The van der Waals surface area contributed by atoms with Crippen LogP contribution in [-0.4, -0.2) is 36.4 Å². The molecule has 1 aliphatic heterocycles. The summed E-state index contributed by atoms with van der Waals surface area (Å²) in [5.74, 6) is 1.15. The van der Waals surface area contributed by atoms with E-state index in [1.807, 2.05) is 13.8 Å². The summed E-state index contributed by atoms with van der Waals surface area (Å²) in [6, 6.07) is 0.0299. The van der Waals surface area contributed by atoms with E-state index in [4.69, 9.17) is 14.0 Å². The van der Waals surface area contributed by atoms with Crippen LogP contribution in [0.5, 0.6) is 0 Å². The van der Waals surface area contributed by atoms with E-state index < -0.39 is 0 Å². The predicted molar refractivity (Wildman–Crippen MR) is 79.3 cm³/mol. The molecule has 1 saturated carbocycles. The van der Waals surface area contributed by atoms with Crippen LogP contribution in [0.4, 0.5) is 0 Å². The second-order valence-electron chi connectivity index (χ2n) is 6.26. The van der Waals surface area contributed by atoms with Gasteiger partial charge in [-0.25, -0.2) is 0 Å². The number of hydrogen-bond acceptors (Lipinski definition) is 5. The van der Waals surface area contributed by atoms with Gasteiger partial charge in [0, 0.05) is 18.1 Å². The van der Waals surface area contributed by atoms with Gasteiger partial charge in [0.15, 0.2) is 0 Å². The monoisotopic (exact) mass is 308 g/mol. The fourth-order valence-electron chi connectivity index (χ4n) is 2.91. The minimum absolute atomic E-state index is 0.0299. The molecule has 0 radical (unpaired) electrons. The number of nitrogens with zero attached hydrogens (tertiary/aromatic N) is 1. The lowest BCUT2D eigenvalue weighted by atomic mass is 9.84. The van der Waals surface area contributed by atoms with Gasteiger partial charge in [-0.1, -0.05) is 11.6 Å². The zero-order valence-electron chi connectivity index (χ0n) is 13.3. The van der Waals surface area contributed by atoms with Gasteiger partial charge in [0.1, 0.15) is 11.9 Å². The van der Waals surface area contributed by atoms with Gasteiger partial charge in [-0.2, -0.15) is 0 Å². The quantitative estimate of drug-likeness (QED) is 0.899. The number of carbonyl (C=O) groups excluding carboxylic acids is 1. The summed E-state index contributed by atoms with van der Waals surface area (Å²) in [6.07, 6.45) is 3.87. The van der Waals surface area contributed by atoms with Crippen LogP contribution in [-0.2, 0) is 20.9 Å². The average molecular weight is 308 g/mol. The summed E-state index contributed by atoms with van der Waals surface area (Å²) < 4.78 is 16.7. The first-order valence-corrected chi connectivity index (χ1v) is 8.06. The second-order valence-corrected chi connectivity index (χ2v) is 6.26. The maximum Gasteiger partial charge on any atom is 0.223 e. The minimum Gasteiger partial charge on any atom is -0.379 e. The summed E-state index contributed by atoms with van der Waals surface area (Å²) in [5, 5.41) is 7.08. The van der Waals surface area contributed by atoms with Gasteiger partial charge in [-0.05, 0) is 33.1 Å². The van der Waals surface area contributed by atoms with E-state index in [1.54, 1.807) is 0 Å². The molecule has 0 unspecified atom stereocenters. The summed E-state index contributed by atoms with van der Waals surface area (Å²) >= 11 is 0. The summed E-state index contributed by atoms with van der Waals surface area (Å²) in [4.78, 5) is 12.1. The number of rotatable bonds is 5. The Morgan fingerprint density at radius 1 is 1.36 bits per heavy atom. The molecule has 1 saturated heterocycles. The molecule has 122 valence electrons. The lowest BCUT2D eigenvalue weighted by Crippen LogP contribution is -2.52. The van der Waals surface area contributed by atoms with Gasteiger partial charge >= 0.3 is 0 Å². The second kappa shape index (κ2) is 6.79. The van der Waals surface area contributed by atoms with Crippen molar-refractivity contribution in [2.45, 2.75) is 58.3 Å². The van der Waals surface area contributed by atoms with Crippen molar-refractivity contribution in [3.8, 4) is 0 Å². The molecule has 1 aliphatic carbocycles. The van der Waals surface area contributed by atoms with Gasteiger partial charge < -0.3 is 19.3 Å². The fraction of sp³-hybridized carbons (Fsp3) is 0.750. The Kier molecular flexibility index (Phi) is 4.78. The molecular weight excluding hydrogens is 284 g/mol. The first-order chi connectivity index (χ1) is 10.6. The third-order valence-corrected chi connectivity index (χ3v) is 4.73. The van der Waals surface area contributed by atoms with Crippen LogP contribution in [0, 0.1) is 19.8 Å². The van der Waals surface area contributed by atoms with E-state index in [1.165, 1.54) is 0 Å². The van der Waals surface area contributed by atoms with Crippen LogP contribution in [0.15, 0.2) is 4.52 Å². The molecule has 3 rings (SSSR count). The number of aryl methyl sites for hydroxylation is 2. The molecule has 6 heteroatoms. The maximum atomic E-state index is 12.1. The number of carbonyl (C=O) groups is 1. The zero-order valence-corrected chi connectivity index (χ0v) is 13.3. The highest BCUT2D eigenvalue weighted by atomic mass is 16.5. The molecule has 6 nitrogen and oxygen atoms in total. The van der Waals surface area contributed by atoms with Gasteiger partial charge in [0.2, 0.25) is 5.91 Å². The Morgan fingerprint density at radius 2 is 2.18 bits per heavy atom. The topological polar surface area (TPSA) is 73.6 Å². The van der Waals surface area contributed by atoms with Crippen LogP contribution in [0.1, 0.15) is 42.7 Å². The summed E-state index contributed by atoms with van der Waals surface area (Å²) in [6.45, 7) is 5.40. The molecule has 2 aliphatic rings. The largest absolute Gasteiger partial charge is 0.379 e. The molecule has 0 spiro atoms. The molecule has 0 aromatic carbocycles. The van der Waals surface area contributed by atoms with Crippen LogP contribution in [0.3, 0.4) is 0 Å². The third kappa shape index (κ3) is 3.33. The first-order valence-electron chi connectivity index (χ1n) is 8.06. The molecule has 1 N–H and O–H groups in total. The molecule has 2 heterocycles. The Hall–Kier alpha value is -1.40. The van der Waals surface area contributed by atoms with Crippen molar-refractivity contribution >= 4 is 5.91 Å². The van der Waals surface area contributed by atoms with E-state index in [-0.39, 0.29) is 24.0 Å². The van der Waals surface area contributed by atoms with Crippen molar-refractivity contribution in [3.05, 3.63) is 17.0 Å². The van der Waals surface area contributed by atoms with Crippen molar-refractivity contribution in [2.24, 2.45) is 5.92 Å². The van der Waals surface area contributed by atoms with Gasteiger partial charge in [-0.3, -0.25) is 4.79 Å². The molecule has 2 atom stereocenters. The van der Waals surface area contributed by atoms with Crippen LogP contribution >= 0.6 is 0 Å². The lowest BCUT2D eigenvalue weighted by molar-refractivity contribution is -0.132. The lowest BCUT2D eigenvalue weighted by Gasteiger charge is -2.34. The average Bonchev–Trinajstić information content (AvgIpc) is 2.75. The van der Waals surface area contributed by atoms with Crippen molar-refractivity contribution in [1.29, 1.82) is 0 Å². The van der Waals surface area contributed by atoms with Crippen molar-refractivity contribution in [1.82, 2.24) is 10.5 Å².